The monoisotopic (exact) mass is 1100 g/mol. The van der Waals surface area contributed by atoms with Crippen molar-refractivity contribution in [3.63, 3.8) is 0 Å². The number of anilines is 3. The minimum Gasteiger partial charge on any atom is -0.310 e. The largest absolute Gasteiger partial charge is 0.310 e. The van der Waals surface area contributed by atoms with Crippen LogP contribution in [0, 0.1) is 0 Å². The predicted octanol–water partition coefficient (Wildman–Crippen LogP) is 19.8. The topological polar surface area (TPSA) is 13.1 Å². The lowest BCUT2D eigenvalue weighted by Gasteiger charge is -2.43. The molecule has 0 radical (unpaired) electrons. The fourth-order valence-corrected chi connectivity index (χ4v) is 14.4. The second kappa shape index (κ2) is 19.5. The number of hydrogen-bond acceptors (Lipinski definition) is 1. The molecular formula is C82H58BN3. The van der Waals surface area contributed by atoms with E-state index in [4.69, 9.17) is 0 Å². The molecule has 15 aromatic rings. The van der Waals surface area contributed by atoms with Crippen molar-refractivity contribution in [1.82, 2.24) is 9.13 Å². The Hall–Kier alpha value is -10.7. The quantitative estimate of drug-likeness (QED) is 0.138. The highest BCUT2D eigenvalue weighted by Gasteiger charge is 2.45. The van der Waals surface area contributed by atoms with Gasteiger partial charge >= 0.3 is 0 Å². The highest BCUT2D eigenvalue weighted by molar-refractivity contribution is 7.00. The van der Waals surface area contributed by atoms with Gasteiger partial charge in [0.15, 0.2) is 0 Å². The minimum atomic E-state index is -0.229. The molecule has 2 aromatic heterocycles. The van der Waals surface area contributed by atoms with Crippen molar-refractivity contribution < 1.29 is 0 Å². The van der Waals surface area contributed by atoms with Gasteiger partial charge in [0.05, 0.1) is 22.2 Å². The van der Waals surface area contributed by atoms with Gasteiger partial charge in [0.2, 0.25) is 0 Å². The van der Waals surface area contributed by atoms with Crippen LogP contribution in [0.1, 0.15) is 26.3 Å². The molecule has 0 saturated carbocycles. The zero-order chi connectivity index (χ0) is 57.2. The van der Waals surface area contributed by atoms with Crippen LogP contribution in [0.2, 0.25) is 0 Å². The van der Waals surface area contributed by atoms with Gasteiger partial charge < -0.3 is 14.0 Å². The Bertz CT molecular complexity index is 5110. The van der Waals surface area contributed by atoms with Crippen molar-refractivity contribution in [2.24, 2.45) is 0 Å². The van der Waals surface area contributed by atoms with Crippen LogP contribution in [-0.4, -0.2) is 15.8 Å². The van der Waals surface area contributed by atoms with Crippen molar-refractivity contribution in [2.75, 3.05) is 4.90 Å². The normalized spacial score (nSPS) is 12.5. The molecule has 0 fully saturated rings. The molecule has 0 saturated heterocycles. The smallest absolute Gasteiger partial charge is 0.252 e. The van der Waals surface area contributed by atoms with Gasteiger partial charge in [-0.1, -0.05) is 245 Å². The molecule has 17 rings (SSSR count). The second-order valence-electron chi connectivity index (χ2n) is 24.4. The van der Waals surface area contributed by atoms with Gasteiger partial charge in [-0.3, -0.25) is 0 Å². The van der Waals surface area contributed by atoms with Gasteiger partial charge in [-0.2, -0.15) is 0 Å². The molecule has 0 spiro atoms. The zero-order valence-corrected chi connectivity index (χ0v) is 48.2. The van der Waals surface area contributed by atoms with Crippen molar-refractivity contribution in [3.8, 4) is 78.1 Å². The summed E-state index contributed by atoms with van der Waals surface area (Å²) in [6, 6.07) is 111. The zero-order valence-electron chi connectivity index (χ0n) is 48.2. The van der Waals surface area contributed by atoms with Crippen LogP contribution in [-0.2, 0) is 5.41 Å². The molecule has 0 N–H and O–H groups in total. The number of aromatic nitrogens is 2. The molecule has 2 aliphatic heterocycles. The van der Waals surface area contributed by atoms with Crippen LogP contribution in [0.4, 0.5) is 17.1 Å². The molecule has 2 aliphatic rings. The summed E-state index contributed by atoms with van der Waals surface area (Å²) in [5, 5.41) is 4.92. The van der Waals surface area contributed by atoms with E-state index in [1.807, 2.05) is 0 Å². The number of fused-ring (bicyclic) bond motifs is 10. The summed E-state index contributed by atoms with van der Waals surface area (Å²) in [6.07, 6.45) is 0. The lowest BCUT2D eigenvalue weighted by molar-refractivity contribution is 0.590. The Morgan fingerprint density at radius 1 is 0.291 bits per heavy atom. The lowest BCUT2D eigenvalue weighted by Crippen LogP contribution is -2.60. The highest BCUT2D eigenvalue weighted by atomic mass is 15.2. The van der Waals surface area contributed by atoms with Crippen LogP contribution >= 0.6 is 0 Å². The van der Waals surface area contributed by atoms with Gasteiger partial charge in [0.25, 0.3) is 6.71 Å². The Morgan fingerprint density at radius 2 is 0.779 bits per heavy atom. The summed E-state index contributed by atoms with van der Waals surface area (Å²) >= 11 is 0. The molecule has 404 valence electrons. The molecule has 4 heterocycles. The SMILES string of the molecule is CC(C)(C)c1cc2c3c(c1)-n1c4cc(-c5ccccc5)ccc4c4cc(-c5cccc(-c6ccccc6)c5)cc(c41)B3c1cc3c(cc1N2c1c(-c2ccccc2)cc(-c2ccccc2)cc1-c1ccccc1)c1ccccc1n3-c1ccccc1. The second-order valence-corrected chi connectivity index (χ2v) is 24.4. The maximum atomic E-state index is 2.71. The molecule has 86 heavy (non-hydrogen) atoms. The summed E-state index contributed by atoms with van der Waals surface area (Å²) in [5.41, 5.74) is 29.7. The fourth-order valence-electron chi connectivity index (χ4n) is 14.4. The molecular weight excluding hydrogens is 1040 g/mol. The molecule has 3 nitrogen and oxygen atoms in total. The predicted molar refractivity (Wildman–Crippen MR) is 366 cm³/mol. The van der Waals surface area contributed by atoms with E-state index < -0.39 is 0 Å². The molecule has 0 aliphatic carbocycles. The first-order valence-electron chi connectivity index (χ1n) is 30.1. The van der Waals surface area contributed by atoms with Crippen molar-refractivity contribution in [3.05, 3.63) is 303 Å². The number of para-hydroxylation sites is 2. The van der Waals surface area contributed by atoms with E-state index in [9.17, 15) is 0 Å². The number of nitrogens with zero attached hydrogens (tertiary/aromatic N) is 3. The lowest BCUT2D eigenvalue weighted by atomic mass is 9.33. The van der Waals surface area contributed by atoms with Crippen LogP contribution in [0.25, 0.3) is 122 Å². The summed E-state index contributed by atoms with van der Waals surface area (Å²) in [7, 11) is 0. The maximum absolute atomic E-state index is 2.71. The van der Waals surface area contributed by atoms with E-state index in [0.29, 0.717) is 0 Å². The van der Waals surface area contributed by atoms with Gasteiger partial charge in [0.1, 0.15) is 0 Å². The van der Waals surface area contributed by atoms with Crippen LogP contribution in [0.3, 0.4) is 0 Å². The van der Waals surface area contributed by atoms with E-state index in [1.165, 1.54) is 127 Å². The molecule has 13 aromatic carbocycles. The molecule has 4 heteroatoms. The number of hydrogen-bond donors (Lipinski definition) is 0. The third kappa shape index (κ3) is 7.83. The van der Waals surface area contributed by atoms with Crippen LogP contribution in [0.5, 0.6) is 0 Å². The Labute approximate surface area is 502 Å². The molecule has 0 bridgehead atoms. The van der Waals surface area contributed by atoms with Crippen molar-refractivity contribution in [1.29, 1.82) is 0 Å². The summed E-state index contributed by atoms with van der Waals surface area (Å²) in [5.74, 6) is 0. The summed E-state index contributed by atoms with van der Waals surface area (Å²) in [4.78, 5) is 2.71. The van der Waals surface area contributed by atoms with E-state index in [2.05, 4.69) is 332 Å². The van der Waals surface area contributed by atoms with Crippen molar-refractivity contribution in [2.45, 2.75) is 26.2 Å². The van der Waals surface area contributed by atoms with Crippen LogP contribution < -0.4 is 21.3 Å². The van der Waals surface area contributed by atoms with Crippen LogP contribution in [0.15, 0.2) is 297 Å². The van der Waals surface area contributed by atoms with E-state index in [1.54, 1.807) is 0 Å². The third-order valence-corrected chi connectivity index (χ3v) is 18.4. The van der Waals surface area contributed by atoms with Crippen molar-refractivity contribution >= 4 is 83.8 Å². The van der Waals surface area contributed by atoms with Gasteiger partial charge in [0, 0.05) is 60.9 Å². The van der Waals surface area contributed by atoms with E-state index in [-0.39, 0.29) is 12.1 Å². The summed E-state index contributed by atoms with van der Waals surface area (Å²) < 4.78 is 5.17. The Balaban J connectivity index is 1.07. The average molecular weight is 1100 g/mol. The molecule has 0 atom stereocenters. The third-order valence-electron chi connectivity index (χ3n) is 18.4. The number of rotatable bonds is 8. The molecule has 0 unspecified atom stereocenters. The average Bonchev–Trinajstić information content (AvgIpc) is 1.32. The first-order chi connectivity index (χ1) is 42.3. The fraction of sp³-hybridized carbons (Fsp3) is 0.0488. The highest BCUT2D eigenvalue weighted by Crippen LogP contribution is 2.52. The number of benzene rings is 13. The Kier molecular flexibility index (Phi) is 11.3. The van der Waals surface area contributed by atoms with Gasteiger partial charge in [-0.25, -0.2) is 0 Å². The standard InChI is InChI=1S/C82H58BN3/c1-82(2,3)63-49-77-79-78(50-63)86(80-67(56-31-16-7-17-32-56)44-61(55-29-14-6-15-30-55)45-68(80)57-33-18-8-19-34-57)76-51-69-65-39-22-23-40-73(65)84(64-37-20-9-21-38-64)75(69)52-71(76)83(79)72-47-62(59-36-24-35-58(43-59)53-25-10-4-11-26-53)46-70-66-42-41-60(54-27-12-5-13-28-54)48-74(66)85(77)81(70)72/h4-52H,1-3H3. The Morgan fingerprint density at radius 3 is 1.40 bits per heavy atom. The van der Waals surface area contributed by atoms with E-state index in [0.717, 1.165) is 33.6 Å². The van der Waals surface area contributed by atoms with Gasteiger partial charge in [-0.15, -0.1) is 0 Å². The van der Waals surface area contributed by atoms with E-state index >= 15 is 0 Å². The first-order valence-corrected chi connectivity index (χ1v) is 30.1. The maximum Gasteiger partial charge on any atom is 0.252 e. The first kappa shape index (κ1) is 49.9. The molecule has 0 amide bonds. The summed E-state index contributed by atoms with van der Waals surface area (Å²) in [6.45, 7) is 6.96. The minimum absolute atomic E-state index is 0.180. The van der Waals surface area contributed by atoms with Gasteiger partial charge in [-0.05, 0) is 156 Å².